The van der Waals surface area contributed by atoms with Crippen LogP contribution in [0.1, 0.15) is 19.3 Å². The van der Waals surface area contributed by atoms with Gasteiger partial charge >= 0.3 is 0 Å². The second-order valence-corrected chi connectivity index (χ2v) is 3.56. The van der Waals surface area contributed by atoms with Gasteiger partial charge in [0.15, 0.2) is 0 Å². The van der Waals surface area contributed by atoms with Crippen LogP contribution in [0.2, 0.25) is 0 Å². The maximum absolute atomic E-state index is 9.54. The number of nitrogen functional groups attached to an aromatic ring is 1. The van der Waals surface area contributed by atoms with Gasteiger partial charge in [-0.25, -0.2) is 0 Å². The van der Waals surface area contributed by atoms with Crippen molar-refractivity contribution in [1.29, 1.82) is 0 Å². The molecule has 0 aromatic carbocycles. The van der Waals surface area contributed by atoms with Crippen molar-refractivity contribution in [2.24, 2.45) is 0 Å². The summed E-state index contributed by atoms with van der Waals surface area (Å²) in [7, 11) is 0. The zero-order valence-electron chi connectivity index (χ0n) is 7.89. The van der Waals surface area contributed by atoms with E-state index in [2.05, 4.69) is 4.98 Å². The summed E-state index contributed by atoms with van der Waals surface area (Å²) >= 11 is 0. The predicted molar refractivity (Wildman–Crippen MR) is 52.9 cm³/mol. The number of aliphatic hydroxyl groups is 1. The molecule has 1 aromatic heterocycles. The Morgan fingerprint density at radius 3 is 2.93 bits per heavy atom. The normalized spacial score (nSPS) is 26.4. The molecule has 1 heterocycles. The number of ether oxygens (including phenoxy) is 1. The number of rotatable bonds is 2. The molecule has 14 heavy (non-hydrogen) atoms. The van der Waals surface area contributed by atoms with E-state index < -0.39 is 0 Å². The highest BCUT2D eigenvalue weighted by Gasteiger charge is 2.27. The van der Waals surface area contributed by atoms with Crippen molar-refractivity contribution in [3.05, 3.63) is 18.2 Å². The molecule has 1 aliphatic carbocycles. The molecule has 1 aliphatic rings. The summed E-state index contributed by atoms with van der Waals surface area (Å²) in [4.78, 5) is 4.02. The van der Waals surface area contributed by atoms with Gasteiger partial charge < -0.3 is 15.6 Å². The van der Waals surface area contributed by atoms with Crippen LogP contribution in [0.4, 0.5) is 5.82 Å². The highest BCUT2D eigenvalue weighted by Crippen LogP contribution is 2.23. The Balaban J connectivity index is 2.03. The van der Waals surface area contributed by atoms with Gasteiger partial charge in [0.2, 0.25) is 5.88 Å². The average Bonchev–Trinajstić information content (AvgIpc) is 2.52. The Morgan fingerprint density at radius 1 is 1.43 bits per heavy atom. The lowest BCUT2D eigenvalue weighted by molar-refractivity contribution is 0.0575. The molecule has 1 fully saturated rings. The third-order valence-corrected chi connectivity index (χ3v) is 2.43. The topological polar surface area (TPSA) is 68.4 Å². The SMILES string of the molecule is Nc1cccc(O[C@H]2CCC[C@H]2O)n1. The largest absolute Gasteiger partial charge is 0.472 e. The van der Waals surface area contributed by atoms with Gasteiger partial charge in [-0.1, -0.05) is 6.07 Å². The first-order chi connectivity index (χ1) is 6.75. The summed E-state index contributed by atoms with van der Waals surface area (Å²) in [6.07, 6.45) is 2.22. The molecule has 2 atom stereocenters. The molecule has 0 amide bonds. The quantitative estimate of drug-likeness (QED) is 0.735. The van der Waals surface area contributed by atoms with E-state index in [-0.39, 0.29) is 12.2 Å². The fraction of sp³-hybridized carbons (Fsp3) is 0.500. The summed E-state index contributed by atoms with van der Waals surface area (Å²) < 4.78 is 5.53. The molecule has 0 radical (unpaired) electrons. The molecule has 0 bridgehead atoms. The fourth-order valence-electron chi connectivity index (χ4n) is 1.70. The Labute approximate surface area is 82.7 Å². The van der Waals surface area contributed by atoms with Gasteiger partial charge in [0, 0.05) is 6.07 Å². The van der Waals surface area contributed by atoms with Crippen molar-refractivity contribution < 1.29 is 9.84 Å². The van der Waals surface area contributed by atoms with Gasteiger partial charge in [0.25, 0.3) is 0 Å². The lowest BCUT2D eigenvalue weighted by Crippen LogP contribution is -2.26. The Morgan fingerprint density at radius 2 is 2.29 bits per heavy atom. The average molecular weight is 194 g/mol. The third-order valence-electron chi connectivity index (χ3n) is 2.43. The number of hydrogen-bond acceptors (Lipinski definition) is 4. The second-order valence-electron chi connectivity index (χ2n) is 3.56. The van der Waals surface area contributed by atoms with Crippen LogP contribution < -0.4 is 10.5 Å². The van der Waals surface area contributed by atoms with Crippen molar-refractivity contribution in [2.75, 3.05) is 5.73 Å². The molecule has 0 aliphatic heterocycles. The van der Waals surface area contributed by atoms with Crippen molar-refractivity contribution in [1.82, 2.24) is 4.98 Å². The van der Waals surface area contributed by atoms with Crippen LogP contribution in [-0.4, -0.2) is 22.3 Å². The number of nitrogens with two attached hydrogens (primary N) is 1. The van der Waals surface area contributed by atoms with Crippen LogP contribution in [0.15, 0.2) is 18.2 Å². The zero-order valence-corrected chi connectivity index (χ0v) is 7.89. The maximum Gasteiger partial charge on any atom is 0.215 e. The van der Waals surface area contributed by atoms with E-state index in [1.54, 1.807) is 18.2 Å². The molecule has 1 aromatic rings. The van der Waals surface area contributed by atoms with Crippen LogP contribution in [0, 0.1) is 0 Å². The molecular formula is C10H14N2O2. The lowest BCUT2D eigenvalue weighted by Gasteiger charge is -2.16. The first kappa shape index (κ1) is 9.27. The number of anilines is 1. The smallest absolute Gasteiger partial charge is 0.215 e. The van der Waals surface area contributed by atoms with E-state index in [1.165, 1.54) is 0 Å². The minimum absolute atomic E-state index is 0.121. The molecule has 0 saturated heterocycles. The fourth-order valence-corrected chi connectivity index (χ4v) is 1.70. The number of hydrogen-bond donors (Lipinski definition) is 2. The van der Waals surface area contributed by atoms with Crippen molar-refractivity contribution in [3.8, 4) is 5.88 Å². The second kappa shape index (κ2) is 3.84. The Bertz CT molecular complexity index is 317. The monoisotopic (exact) mass is 194 g/mol. The first-order valence-corrected chi connectivity index (χ1v) is 4.83. The predicted octanol–water partition coefficient (Wildman–Crippen LogP) is 0.956. The van der Waals surface area contributed by atoms with Crippen LogP contribution >= 0.6 is 0 Å². The molecule has 4 nitrogen and oxygen atoms in total. The summed E-state index contributed by atoms with van der Waals surface area (Å²) in [5.41, 5.74) is 5.51. The van der Waals surface area contributed by atoms with Crippen LogP contribution in [0.25, 0.3) is 0 Å². The summed E-state index contributed by atoms with van der Waals surface area (Å²) in [5, 5.41) is 9.54. The highest BCUT2D eigenvalue weighted by atomic mass is 16.5. The Hall–Kier alpha value is -1.29. The van der Waals surface area contributed by atoms with Gasteiger partial charge in [-0.2, -0.15) is 4.98 Å². The number of aliphatic hydroxyl groups excluding tert-OH is 1. The third kappa shape index (κ3) is 1.96. The summed E-state index contributed by atoms with van der Waals surface area (Å²) in [5.74, 6) is 0.936. The van der Waals surface area contributed by atoms with E-state index in [1.807, 2.05) is 0 Å². The van der Waals surface area contributed by atoms with Gasteiger partial charge in [0.05, 0.1) is 6.10 Å². The number of aromatic nitrogens is 1. The van der Waals surface area contributed by atoms with Gasteiger partial charge in [-0.3, -0.25) is 0 Å². The standard InChI is InChI=1S/C10H14N2O2/c11-9-5-2-6-10(12-9)14-8-4-1-3-7(8)13/h2,5-8,13H,1,3-4H2,(H2,11,12)/t7-,8+/m1/s1. The number of nitrogens with zero attached hydrogens (tertiary/aromatic N) is 1. The van der Waals surface area contributed by atoms with Gasteiger partial charge in [-0.15, -0.1) is 0 Å². The molecular weight excluding hydrogens is 180 g/mol. The molecule has 3 N–H and O–H groups in total. The van der Waals surface area contributed by atoms with Gasteiger partial charge in [0.1, 0.15) is 11.9 Å². The maximum atomic E-state index is 9.54. The van der Waals surface area contributed by atoms with E-state index in [0.717, 1.165) is 19.3 Å². The molecule has 0 spiro atoms. The number of pyridine rings is 1. The van der Waals surface area contributed by atoms with Crippen molar-refractivity contribution >= 4 is 5.82 Å². The summed E-state index contributed by atoms with van der Waals surface area (Å²) in [6, 6.07) is 5.25. The van der Waals surface area contributed by atoms with Crippen molar-refractivity contribution in [2.45, 2.75) is 31.5 Å². The lowest BCUT2D eigenvalue weighted by atomic mass is 10.3. The minimum Gasteiger partial charge on any atom is -0.472 e. The van der Waals surface area contributed by atoms with E-state index in [0.29, 0.717) is 11.7 Å². The molecule has 76 valence electrons. The molecule has 2 rings (SSSR count). The van der Waals surface area contributed by atoms with Crippen molar-refractivity contribution in [3.63, 3.8) is 0 Å². The zero-order chi connectivity index (χ0) is 9.97. The Kier molecular flexibility index (Phi) is 2.54. The van der Waals surface area contributed by atoms with Crippen LogP contribution in [0.3, 0.4) is 0 Å². The minimum atomic E-state index is -0.363. The van der Waals surface area contributed by atoms with E-state index in [9.17, 15) is 5.11 Å². The highest BCUT2D eigenvalue weighted by molar-refractivity contribution is 5.31. The molecule has 1 saturated carbocycles. The summed E-state index contributed by atoms with van der Waals surface area (Å²) in [6.45, 7) is 0. The molecule has 0 unspecified atom stereocenters. The first-order valence-electron chi connectivity index (χ1n) is 4.83. The molecule has 4 heteroatoms. The van der Waals surface area contributed by atoms with Gasteiger partial charge in [-0.05, 0) is 25.3 Å². The van der Waals surface area contributed by atoms with Crippen LogP contribution in [-0.2, 0) is 0 Å². The van der Waals surface area contributed by atoms with Crippen LogP contribution in [0.5, 0.6) is 5.88 Å². The van der Waals surface area contributed by atoms with E-state index in [4.69, 9.17) is 10.5 Å². The van der Waals surface area contributed by atoms with E-state index >= 15 is 0 Å².